The minimum Gasteiger partial charge on any atom is -0.490 e. The predicted octanol–water partition coefficient (Wildman–Crippen LogP) is 4.88. The van der Waals surface area contributed by atoms with Gasteiger partial charge in [0.15, 0.2) is 0 Å². The molecule has 0 atom stereocenters. The lowest BCUT2D eigenvalue weighted by Gasteiger charge is -2.09. The van der Waals surface area contributed by atoms with Crippen LogP contribution < -0.4 is 9.47 Å². The maximum Gasteiger partial charge on any atom is 0.338 e. The first kappa shape index (κ1) is 18.8. The molecule has 0 spiro atoms. The Morgan fingerprint density at radius 1 is 0.760 bits per heavy atom. The molecule has 0 amide bonds. The highest BCUT2D eigenvalue weighted by atomic mass is 16.5. The maximum absolute atomic E-state index is 11.9. The van der Waals surface area contributed by atoms with E-state index in [9.17, 15) is 4.79 Å². The third-order valence-corrected chi connectivity index (χ3v) is 3.69. The van der Waals surface area contributed by atoms with Gasteiger partial charge < -0.3 is 14.2 Å². The molecular formula is C21H26O4. The molecule has 0 bridgehead atoms. The minimum absolute atomic E-state index is 0.282. The molecule has 0 fully saturated rings. The molecule has 0 aliphatic carbocycles. The van der Waals surface area contributed by atoms with E-state index in [1.807, 2.05) is 30.3 Å². The van der Waals surface area contributed by atoms with Crippen LogP contribution in [0.3, 0.4) is 0 Å². The highest BCUT2D eigenvalue weighted by Gasteiger charge is 2.07. The average Bonchev–Trinajstić information content (AvgIpc) is 2.66. The van der Waals surface area contributed by atoms with Crippen molar-refractivity contribution >= 4 is 5.97 Å². The summed E-state index contributed by atoms with van der Waals surface area (Å²) in [6.45, 7) is 3.54. The van der Waals surface area contributed by atoms with Gasteiger partial charge in [0.25, 0.3) is 0 Å². The molecule has 0 aliphatic heterocycles. The molecule has 0 unspecified atom stereocenters. The second-order valence-corrected chi connectivity index (χ2v) is 5.73. The largest absolute Gasteiger partial charge is 0.490 e. The SMILES string of the molecule is CCCCCCOC(=O)c1ccc(OCCOc2ccccc2)cc1. The number of para-hydroxylation sites is 1. The summed E-state index contributed by atoms with van der Waals surface area (Å²) in [6, 6.07) is 16.6. The Bertz CT molecular complexity index is 608. The number of carbonyl (C=O) groups excluding carboxylic acids is 1. The molecule has 0 radical (unpaired) electrons. The zero-order valence-electron chi connectivity index (χ0n) is 14.8. The molecule has 0 heterocycles. The number of rotatable bonds is 11. The topological polar surface area (TPSA) is 44.8 Å². The van der Waals surface area contributed by atoms with E-state index < -0.39 is 0 Å². The van der Waals surface area contributed by atoms with Crippen LogP contribution in [0.2, 0.25) is 0 Å². The van der Waals surface area contributed by atoms with Crippen LogP contribution in [0, 0.1) is 0 Å². The van der Waals surface area contributed by atoms with E-state index in [2.05, 4.69) is 6.92 Å². The van der Waals surface area contributed by atoms with E-state index >= 15 is 0 Å². The number of ether oxygens (including phenoxy) is 3. The van der Waals surface area contributed by atoms with Crippen molar-refractivity contribution in [1.29, 1.82) is 0 Å². The summed E-state index contributed by atoms with van der Waals surface area (Å²) >= 11 is 0. The Morgan fingerprint density at radius 3 is 2.04 bits per heavy atom. The van der Waals surface area contributed by atoms with Crippen LogP contribution in [0.4, 0.5) is 0 Å². The molecule has 2 aromatic rings. The van der Waals surface area contributed by atoms with Crippen molar-refractivity contribution in [3.05, 3.63) is 60.2 Å². The fourth-order valence-corrected chi connectivity index (χ4v) is 2.30. The van der Waals surface area contributed by atoms with Crippen molar-refractivity contribution in [3.63, 3.8) is 0 Å². The standard InChI is InChI=1S/C21H26O4/c1-2-3-4-8-15-25-21(22)18-11-13-20(14-12-18)24-17-16-23-19-9-6-5-7-10-19/h5-7,9-14H,2-4,8,15-17H2,1H3. The molecule has 25 heavy (non-hydrogen) atoms. The molecule has 2 rings (SSSR count). The van der Waals surface area contributed by atoms with E-state index in [1.165, 1.54) is 12.8 Å². The molecule has 0 aliphatic rings. The number of hydrogen-bond acceptors (Lipinski definition) is 4. The fourth-order valence-electron chi connectivity index (χ4n) is 2.30. The molecule has 2 aromatic carbocycles. The number of unbranched alkanes of at least 4 members (excludes halogenated alkanes) is 3. The molecule has 0 N–H and O–H groups in total. The second kappa shape index (κ2) is 11.1. The van der Waals surface area contributed by atoms with E-state index in [1.54, 1.807) is 24.3 Å². The minimum atomic E-state index is -0.282. The van der Waals surface area contributed by atoms with Gasteiger partial charge in [-0.1, -0.05) is 44.4 Å². The Morgan fingerprint density at radius 2 is 1.40 bits per heavy atom. The van der Waals surface area contributed by atoms with E-state index in [0.29, 0.717) is 31.1 Å². The summed E-state index contributed by atoms with van der Waals surface area (Å²) in [4.78, 5) is 11.9. The second-order valence-electron chi connectivity index (χ2n) is 5.73. The lowest BCUT2D eigenvalue weighted by Crippen LogP contribution is -2.09. The quantitative estimate of drug-likeness (QED) is 0.431. The van der Waals surface area contributed by atoms with Crippen LogP contribution in [0.15, 0.2) is 54.6 Å². The third-order valence-electron chi connectivity index (χ3n) is 3.69. The maximum atomic E-state index is 11.9. The van der Waals surface area contributed by atoms with Crippen molar-refractivity contribution in [2.75, 3.05) is 19.8 Å². The van der Waals surface area contributed by atoms with Gasteiger partial charge >= 0.3 is 5.97 Å². The van der Waals surface area contributed by atoms with Crippen LogP contribution in [-0.2, 0) is 4.74 Å². The van der Waals surface area contributed by atoms with Crippen molar-refractivity contribution < 1.29 is 19.0 Å². The van der Waals surface area contributed by atoms with Gasteiger partial charge in [-0.15, -0.1) is 0 Å². The summed E-state index contributed by atoms with van der Waals surface area (Å²) in [5.74, 6) is 1.25. The first-order chi connectivity index (χ1) is 12.3. The summed E-state index contributed by atoms with van der Waals surface area (Å²) in [5.41, 5.74) is 0.545. The summed E-state index contributed by atoms with van der Waals surface area (Å²) < 4.78 is 16.4. The third kappa shape index (κ3) is 7.29. The lowest BCUT2D eigenvalue weighted by molar-refractivity contribution is 0.0497. The van der Waals surface area contributed by atoms with E-state index in [4.69, 9.17) is 14.2 Å². The average molecular weight is 342 g/mol. The first-order valence-electron chi connectivity index (χ1n) is 8.87. The zero-order chi connectivity index (χ0) is 17.7. The number of carbonyl (C=O) groups is 1. The summed E-state index contributed by atoms with van der Waals surface area (Å²) in [7, 11) is 0. The lowest BCUT2D eigenvalue weighted by atomic mass is 10.2. The van der Waals surface area contributed by atoms with E-state index in [-0.39, 0.29) is 5.97 Å². The summed E-state index contributed by atoms with van der Waals surface area (Å²) in [5, 5.41) is 0. The fraction of sp³-hybridized carbons (Fsp3) is 0.381. The van der Waals surface area contributed by atoms with E-state index in [0.717, 1.165) is 18.6 Å². The molecule has 4 nitrogen and oxygen atoms in total. The molecule has 0 aromatic heterocycles. The monoisotopic (exact) mass is 342 g/mol. The van der Waals surface area contributed by atoms with Gasteiger partial charge in [-0.3, -0.25) is 0 Å². The highest BCUT2D eigenvalue weighted by Crippen LogP contribution is 2.14. The van der Waals surface area contributed by atoms with Crippen LogP contribution >= 0.6 is 0 Å². The predicted molar refractivity (Wildman–Crippen MR) is 98.3 cm³/mol. The molecule has 0 saturated heterocycles. The van der Waals surface area contributed by atoms with Crippen LogP contribution in [-0.4, -0.2) is 25.8 Å². The van der Waals surface area contributed by atoms with Gasteiger partial charge in [-0.2, -0.15) is 0 Å². The van der Waals surface area contributed by atoms with Gasteiger partial charge in [0.1, 0.15) is 24.7 Å². The number of esters is 1. The molecule has 134 valence electrons. The molecule has 4 heteroatoms. The first-order valence-corrected chi connectivity index (χ1v) is 8.87. The van der Waals surface area contributed by atoms with Crippen LogP contribution in [0.5, 0.6) is 11.5 Å². The van der Waals surface area contributed by atoms with Crippen LogP contribution in [0.25, 0.3) is 0 Å². The Balaban J connectivity index is 1.66. The number of hydrogen-bond donors (Lipinski definition) is 0. The Hall–Kier alpha value is -2.49. The normalized spacial score (nSPS) is 10.3. The van der Waals surface area contributed by atoms with Gasteiger partial charge in [0.2, 0.25) is 0 Å². The molecular weight excluding hydrogens is 316 g/mol. The van der Waals surface area contributed by atoms with Crippen molar-refractivity contribution in [2.24, 2.45) is 0 Å². The van der Waals surface area contributed by atoms with Crippen LogP contribution in [0.1, 0.15) is 43.0 Å². The number of benzene rings is 2. The Labute approximate surface area is 149 Å². The van der Waals surface area contributed by atoms with Gasteiger partial charge in [0.05, 0.1) is 12.2 Å². The van der Waals surface area contributed by atoms with Gasteiger partial charge in [-0.05, 0) is 42.8 Å². The smallest absolute Gasteiger partial charge is 0.338 e. The molecule has 0 saturated carbocycles. The van der Waals surface area contributed by atoms with Crippen molar-refractivity contribution in [3.8, 4) is 11.5 Å². The summed E-state index contributed by atoms with van der Waals surface area (Å²) in [6.07, 6.45) is 4.37. The van der Waals surface area contributed by atoms with Gasteiger partial charge in [-0.25, -0.2) is 4.79 Å². The van der Waals surface area contributed by atoms with Crippen molar-refractivity contribution in [1.82, 2.24) is 0 Å². The Kier molecular flexibility index (Phi) is 8.39. The zero-order valence-corrected chi connectivity index (χ0v) is 14.8. The van der Waals surface area contributed by atoms with Crippen molar-refractivity contribution in [2.45, 2.75) is 32.6 Å². The highest BCUT2D eigenvalue weighted by molar-refractivity contribution is 5.89. The van der Waals surface area contributed by atoms with Gasteiger partial charge in [0, 0.05) is 0 Å².